The smallest absolute Gasteiger partial charge is 0.357 e. The van der Waals surface area contributed by atoms with Gasteiger partial charge in [0.2, 0.25) is 0 Å². The molecular formula is C22H25N3O7. The number of nitrogens with one attached hydrogen (secondary N) is 2. The summed E-state index contributed by atoms with van der Waals surface area (Å²) in [5.74, 6) is -1.82. The molecule has 170 valence electrons. The number of esters is 3. The zero-order valence-corrected chi connectivity index (χ0v) is 18.0. The number of ether oxygens (including phenoxy) is 3. The molecule has 1 atom stereocenters. The van der Waals surface area contributed by atoms with Crippen LogP contribution in [-0.4, -0.2) is 59.4 Å². The fraction of sp³-hybridized carbons (Fsp3) is 0.273. The number of H-pyrrole nitrogens is 1. The quantitative estimate of drug-likeness (QED) is 0.371. The third-order valence-corrected chi connectivity index (χ3v) is 4.03. The average Bonchev–Trinajstić information content (AvgIpc) is 3.16. The van der Waals surface area contributed by atoms with Crippen molar-refractivity contribution in [3.8, 4) is 0 Å². The Bertz CT molecular complexity index is 1050. The van der Waals surface area contributed by atoms with E-state index in [4.69, 9.17) is 14.6 Å². The lowest BCUT2D eigenvalue weighted by atomic mass is 10.2. The number of aromatic amines is 1. The largest absolute Gasteiger partial charge is 0.467 e. The van der Waals surface area contributed by atoms with E-state index in [2.05, 4.69) is 20.0 Å². The first-order chi connectivity index (χ1) is 15.4. The van der Waals surface area contributed by atoms with Crippen LogP contribution in [-0.2, 0) is 23.8 Å². The molecule has 1 aromatic carbocycles. The van der Waals surface area contributed by atoms with Crippen LogP contribution in [0.5, 0.6) is 0 Å². The summed E-state index contributed by atoms with van der Waals surface area (Å²) < 4.78 is 13.9. The summed E-state index contributed by atoms with van der Waals surface area (Å²) in [5, 5.41) is 12.4. The van der Waals surface area contributed by atoms with Crippen LogP contribution in [0.1, 0.15) is 24.3 Å². The second-order valence-electron chi connectivity index (χ2n) is 6.36. The van der Waals surface area contributed by atoms with Crippen LogP contribution in [0, 0.1) is 0 Å². The average molecular weight is 443 g/mol. The Morgan fingerprint density at radius 1 is 1.12 bits per heavy atom. The van der Waals surface area contributed by atoms with Crippen molar-refractivity contribution >= 4 is 40.2 Å². The molecule has 0 saturated carbocycles. The van der Waals surface area contributed by atoms with Crippen molar-refractivity contribution < 1.29 is 33.7 Å². The van der Waals surface area contributed by atoms with Gasteiger partial charge >= 0.3 is 17.9 Å². The summed E-state index contributed by atoms with van der Waals surface area (Å²) in [7, 11) is 1.23. The number of anilines is 2. The highest BCUT2D eigenvalue weighted by Crippen LogP contribution is 2.30. The van der Waals surface area contributed by atoms with Crippen molar-refractivity contribution in [1.29, 1.82) is 0 Å². The summed E-state index contributed by atoms with van der Waals surface area (Å²) in [4.78, 5) is 40.9. The lowest BCUT2D eigenvalue weighted by Gasteiger charge is -2.08. The van der Waals surface area contributed by atoms with E-state index in [1.165, 1.54) is 14.0 Å². The summed E-state index contributed by atoms with van der Waals surface area (Å²) >= 11 is 0. The van der Waals surface area contributed by atoms with Crippen LogP contribution in [0.3, 0.4) is 0 Å². The van der Waals surface area contributed by atoms with Gasteiger partial charge in [-0.05, 0) is 32.0 Å². The predicted molar refractivity (Wildman–Crippen MR) is 116 cm³/mol. The number of hydrogen-bond acceptors (Lipinski definition) is 9. The van der Waals surface area contributed by atoms with E-state index in [1.807, 2.05) is 24.3 Å². The van der Waals surface area contributed by atoms with Crippen LogP contribution < -0.4 is 5.32 Å². The Morgan fingerprint density at radius 2 is 1.81 bits per heavy atom. The molecule has 0 bridgehead atoms. The number of hydrogen-bond donors (Lipinski definition) is 3. The molecule has 0 spiro atoms. The third-order valence-electron chi connectivity index (χ3n) is 4.03. The molecule has 2 aromatic heterocycles. The van der Waals surface area contributed by atoms with Crippen molar-refractivity contribution in [2.75, 3.05) is 25.6 Å². The summed E-state index contributed by atoms with van der Waals surface area (Å²) in [6, 6.07) is 11.1. The van der Waals surface area contributed by atoms with E-state index in [0.717, 1.165) is 16.6 Å². The Labute approximate surface area is 184 Å². The second-order valence-corrected chi connectivity index (χ2v) is 6.36. The maximum Gasteiger partial charge on any atom is 0.357 e. The number of carbonyl (C=O) groups excluding carboxylic acids is 3. The molecule has 0 saturated heterocycles. The molecule has 0 radical (unpaired) electrons. The Morgan fingerprint density at radius 3 is 2.41 bits per heavy atom. The van der Waals surface area contributed by atoms with Gasteiger partial charge in [-0.1, -0.05) is 18.2 Å². The van der Waals surface area contributed by atoms with E-state index >= 15 is 0 Å². The first kappa shape index (κ1) is 24.4. The number of aliphatic hydroxyl groups is 1. The topological polar surface area (TPSA) is 140 Å². The SMILES string of the molecule is CCOC(=O)COC(=O)c1[nH]c2ccccc2c1Nc1ccncc1.COC(=O)[C@H](C)O. The van der Waals surface area contributed by atoms with Crippen molar-refractivity contribution in [3.63, 3.8) is 0 Å². The molecule has 0 unspecified atom stereocenters. The minimum Gasteiger partial charge on any atom is -0.467 e. The van der Waals surface area contributed by atoms with E-state index in [1.54, 1.807) is 31.5 Å². The summed E-state index contributed by atoms with van der Waals surface area (Å²) in [6.07, 6.45) is 2.30. The van der Waals surface area contributed by atoms with Crippen LogP contribution in [0.15, 0.2) is 48.8 Å². The van der Waals surface area contributed by atoms with E-state index in [-0.39, 0.29) is 12.3 Å². The summed E-state index contributed by atoms with van der Waals surface area (Å²) in [5.41, 5.74) is 2.37. The molecule has 10 heteroatoms. The van der Waals surface area contributed by atoms with E-state index in [9.17, 15) is 14.4 Å². The van der Waals surface area contributed by atoms with Crippen molar-refractivity contribution in [1.82, 2.24) is 9.97 Å². The van der Waals surface area contributed by atoms with E-state index in [0.29, 0.717) is 5.69 Å². The molecular weight excluding hydrogens is 418 g/mol. The molecule has 10 nitrogen and oxygen atoms in total. The maximum atomic E-state index is 12.4. The van der Waals surface area contributed by atoms with Crippen LogP contribution in [0.2, 0.25) is 0 Å². The lowest BCUT2D eigenvalue weighted by Crippen LogP contribution is -2.17. The van der Waals surface area contributed by atoms with Crippen molar-refractivity contribution in [3.05, 3.63) is 54.5 Å². The number of aromatic nitrogens is 2. The number of rotatable bonds is 7. The van der Waals surface area contributed by atoms with Gasteiger partial charge in [0, 0.05) is 29.0 Å². The number of aliphatic hydroxyl groups excluding tert-OH is 1. The van der Waals surface area contributed by atoms with Crippen molar-refractivity contribution in [2.24, 2.45) is 0 Å². The molecule has 3 aromatic rings. The van der Waals surface area contributed by atoms with Crippen LogP contribution in [0.25, 0.3) is 10.9 Å². The number of nitrogens with zero attached hydrogens (tertiary/aromatic N) is 1. The highest BCUT2D eigenvalue weighted by molar-refractivity contribution is 6.07. The molecule has 0 amide bonds. The fourth-order valence-corrected chi connectivity index (χ4v) is 2.57. The molecule has 2 heterocycles. The molecule has 0 aliphatic carbocycles. The van der Waals surface area contributed by atoms with Gasteiger partial charge in [-0.25, -0.2) is 14.4 Å². The molecule has 3 rings (SSSR count). The molecule has 32 heavy (non-hydrogen) atoms. The highest BCUT2D eigenvalue weighted by Gasteiger charge is 2.20. The number of fused-ring (bicyclic) bond motifs is 1. The minimum absolute atomic E-state index is 0.234. The van der Waals surface area contributed by atoms with E-state index < -0.39 is 30.6 Å². The van der Waals surface area contributed by atoms with Gasteiger partial charge in [-0.3, -0.25) is 4.98 Å². The lowest BCUT2D eigenvalue weighted by molar-refractivity contribution is -0.149. The first-order valence-electron chi connectivity index (χ1n) is 9.73. The van der Waals surface area contributed by atoms with Crippen LogP contribution >= 0.6 is 0 Å². The standard InChI is InChI=1S/C18H17N3O4.C4H8O3/c1-2-24-15(22)11-25-18(23)17-16(20-12-7-9-19-10-8-12)13-5-3-4-6-14(13)21-17;1-3(5)4(6)7-2/h3-10,21H,2,11H2,1H3,(H,19,20);3,5H,1-2H3/t;3-/m.0/s1. The van der Waals surface area contributed by atoms with Gasteiger partial charge in [-0.2, -0.15) is 0 Å². The fourth-order valence-electron chi connectivity index (χ4n) is 2.57. The van der Waals surface area contributed by atoms with Gasteiger partial charge in [-0.15, -0.1) is 0 Å². The van der Waals surface area contributed by atoms with Crippen molar-refractivity contribution in [2.45, 2.75) is 20.0 Å². The van der Waals surface area contributed by atoms with Gasteiger partial charge in [0.25, 0.3) is 0 Å². The van der Waals surface area contributed by atoms with Gasteiger partial charge in [0.15, 0.2) is 6.61 Å². The zero-order chi connectivity index (χ0) is 23.5. The Kier molecular flexibility index (Phi) is 9.18. The number of carbonyl (C=O) groups is 3. The number of pyridine rings is 1. The third kappa shape index (κ3) is 6.81. The number of methoxy groups -OCH3 is 1. The second kappa shape index (κ2) is 12.1. The molecule has 3 N–H and O–H groups in total. The first-order valence-corrected chi connectivity index (χ1v) is 9.73. The maximum absolute atomic E-state index is 12.4. The van der Waals surface area contributed by atoms with Gasteiger partial charge in [0.1, 0.15) is 11.8 Å². The van der Waals surface area contributed by atoms with Gasteiger partial charge < -0.3 is 29.6 Å². The van der Waals surface area contributed by atoms with Gasteiger partial charge in [0.05, 0.1) is 19.4 Å². The highest BCUT2D eigenvalue weighted by atomic mass is 16.6. The monoisotopic (exact) mass is 443 g/mol. The van der Waals surface area contributed by atoms with Crippen LogP contribution in [0.4, 0.5) is 11.4 Å². The minimum atomic E-state index is -0.995. The molecule has 0 aliphatic heterocycles. The number of para-hydroxylation sites is 1. The number of benzene rings is 1. The normalized spacial score (nSPS) is 11.0. The molecule has 0 fully saturated rings. The Balaban J connectivity index is 0.000000451. The zero-order valence-electron chi connectivity index (χ0n) is 18.0. The predicted octanol–water partition coefficient (Wildman–Crippen LogP) is 2.57. The Hall–Kier alpha value is -3.92. The summed E-state index contributed by atoms with van der Waals surface area (Å²) in [6.45, 7) is 2.84. The molecule has 0 aliphatic rings.